The lowest BCUT2D eigenvalue weighted by Gasteiger charge is -2.23. The van der Waals surface area contributed by atoms with E-state index < -0.39 is 11.6 Å². The summed E-state index contributed by atoms with van der Waals surface area (Å²) in [6.45, 7) is 3.21. The normalized spacial score (nSPS) is 21.7. The number of carbonyl (C=O) groups excluding carboxylic acids is 1. The molecule has 0 aromatic heterocycles. The number of ether oxygens (including phenoxy) is 1. The summed E-state index contributed by atoms with van der Waals surface area (Å²) in [5.41, 5.74) is 0.326. The van der Waals surface area contributed by atoms with Gasteiger partial charge in [0.25, 0.3) is 0 Å². The number of carbonyl (C=O) groups is 2. The summed E-state index contributed by atoms with van der Waals surface area (Å²) < 4.78 is 5.49. The molecule has 1 aliphatic heterocycles. The number of benzene rings is 1. The van der Waals surface area contributed by atoms with Crippen LogP contribution in [0.2, 0.25) is 0 Å². The highest BCUT2D eigenvalue weighted by Gasteiger charge is 2.41. The quantitative estimate of drug-likeness (QED) is 0.899. The summed E-state index contributed by atoms with van der Waals surface area (Å²) in [6.07, 6.45) is 0.356. The fourth-order valence-corrected chi connectivity index (χ4v) is 2.27. The number of hydrogen-bond acceptors (Lipinski definition) is 4. The Hall–Kier alpha value is -2.08. The Morgan fingerprint density at radius 2 is 2.00 bits per heavy atom. The zero-order valence-electron chi connectivity index (χ0n) is 12.5. The minimum atomic E-state index is -0.985. The monoisotopic (exact) mass is 292 g/mol. The second-order valence-corrected chi connectivity index (χ2v) is 5.81. The van der Waals surface area contributed by atoms with Gasteiger partial charge < -0.3 is 14.7 Å². The number of nitrogens with zero attached hydrogens (tertiary/aromatic N) is 2. The number of anilines is 1. The zero-order valence-corrected chi connectivity index (χ0v) is 12.5. The van der Waals surface area contributed by atoms with Gasteiger partial charge in [-0.2, -0.15) is 0 Å². The average molecular weight is 292 g/mol. The van der Waals surface area contributed by atoms with E-state index in [1.807, 2.05) is 25.9 Å². The molecule has 1 fully saturated rings. The molecule has 0 bridgehead atoms. The summed E-state index contributed by atoms with van der Waals surface area (Å²) in [4.78, 5) is 26.5. The Balaban J connectivity index is 2.10. The molecule has 1 aliphatic rings. The van der Waals surface area contributed by atoms with Crippen molar-refractivity contribution >= 4 is 17.7 Å². The van der Waals surface area contributed by atoms with Gasteiger partial charge in [-0.25, -0.2) is 9.59 Å². The molecule has 1 aromatic carbocycles. The van der Waals surface area contributed by atoms with Crippen molar-refractivity contribution < 1.29 is 19.4 Å². The largest absolute Gasteiger partial charge is 0.478 e. The molecule has 1 unspecified atom stereocenters. The Labute approximate surface area is 123 Å². The molecule has 1 amide bonds. The molecule has 0 spiro atoms. The molecule has 1 heterocycles. The van der Waals surface area contributed by atoms with Crippen molar-refractivity contribution in [3.05, 3.63) is 29.8 Å². The van der Waals surface area contributed by atoms with Crippen LogP contribution in [-0.4, -0.2) is 54.9 Å². The fourth-order valence-electron chi connectivity index (χ4n) is 2.27. The summed E-state index contributed by atoms with van der Waals surface area (Å²) in [5.74, 6) is -0.985. The fraction of sp³-hybridized carbons (Fsp3) is 0.467. The molecule has 1 atom stereocenters. The van der Waals surface area contributed by atoms with Gasteiger partial charge in [0.15, 0.2) is 0 Å². The lowest BCUT2D eigenvalue weighted by molar-refractivity contribution is 0.0592. The topological polar surface area (TPSA) is 70.1 Å². The van der Waals surface area contributed by atoms with Crippen LogP contribution in [-0.2, 0) is 4.74 Å². The highest BCUT2D eigenvalue weighted by Crippen LogP contribution is 2.30. The molecule has 21 heavy (non-hydrogen) atoms. The predicted octanol–water partition coefficient (Wildman–Crippen LogP) is 2.05. The molecule has 114 valence electrons. The number of cyclic esters (lactones) is 1. The summed E-state index contributed by atoms with van der Waals surface area (Å²) in [6, 6.07) is 6.23. The SMILES string of the molecule is CN(C)CCC1(C)CN(c2ccc(C(=O)O)cc2)C(=O)O1. The average Bonchev–Trinajstić information content (AvgIpc) is 2.73. The van der Waals surface area contributed by atoms with Crippen LogP contribution in [0, 0.1) is 0 Å². The van der Waals surface area contributed by atoms with E-state index in [1.165, 1.54) is 12.1 Å². The van der Waals surface area contributed by atoms with Gasteiger partial charge in [0.2, 0.25) is 0 Å². The van der Waals surface area contributed by atoms with Gasteiger partial charge in [-0.05, 0) is 45.3 Å². The number of carboxylic acid groups (broad SMARTS) is 1. The smallest absolute Gasteiger partial charge is 0.415 e. The van der Waals surface area contributed by atoms with Gasteiger partial charge in [0.1, 0.15) is 5.60 Å². The lowest BCUT2D eigenvalue weighted by atomic mass is 10.0. The predicted molar refractivity (Wildman–Crippen MR) is 78.8 cm³/mol. The van der Waals surface area contributed by atoms with Crippen LogP contribution in [0.1, 0.15) is 23.7 Å². The molecule has 1 N–H and O–H groups in total. The zero-order chi connectivity index (χ0) is 15.6. The second-order valence-electron chi connectivity index (χ2n) is 5.81. The molecule has 0 radical (unpaired) electrons. The van der Waals surface area contributed by atoms with E-state index in [2.05, 4.69) is 0 Å². The van der Waals surface area contributed by atoms with Gasteiger partial charge >= 0.3 is 12.1 Å². The van der Waals surface area contributed by atoms with Crippen LogP contribution >= 0.6 is 0 Å². The Morgan fingerprint density at radius 1 is 1.38 bits per heavy atom. The standard InChI is InChI=1S/C15H20N2O4/c1-15(8-9-16(2)3)10-17(14(20)21-15)12-6-4-11(5-7-12)13(18)19/h4-7H,8-10H2,1-3H3,(H,18,19). The van der Waals surface area contributed by atoms with Crippen molar-refractivity contribution in [1.29, 1.82) is 0 Å². The van der Waals surface area contributed by atoms with Crippen LogP contribution in [0.15, 0.2) is 24.3 Å². The van der Waals surface area contributed by atoms with E-state index in [1.54, 1.807) is 17.0 Å². The summed E-state index contributed by atoms with van der Waals surface area (Å²) in [7, 11) is 3.95. The van der Waals surface area contributed by atoms with Crippen molar-refractivity contribution in [2.75, 3.05) is 32.1 Å². The van der Waals surface area contributed by atoms with Crippen LogP contribution in [0.4, 0.5) is 10.5 Å². The third kappa shape index (κ3) is 3.52. The molecular formula is C15H20N2O4. The van der Waals surface area contributed by atoms with E-state index >= 15 is 0 Å². The highest BCUT2D eigenvalue weighted by atomic mass is 16.6. The van der Waals surface area contributed by atoms with Crippen LogP contribution < -0.4 is 4.90 Å². The number of hydrogen-bond donors (Lipinski definition) is 1. The van der Waals surface area contributed by atoms with Gasteiger partial charge in [0, 0.05) is 18.7 Å². The number of aromatic carboxylic acids is 1. The molecular weight excluding hydrogens is 272 g/mol. The maximum absolute atomic E-state index is 12.0. The van der Waals surface area contributed by atoms with Gasteiger partial charge in [-0.3, -0.25) is 4.90 Å². The number of amides is 1. The van der Waals surface area contributed by atoms with Crippen molar-refractivity contribution in [2.24, 2.45) is 0 Å². The third-order valence-electron chi connectivity index (χ3n) is 3.56. The van der Waals surface area contributed by atoms with Crippen LogP contribution in [0.5, 0.6) is 0 Å². The summed E-state index contributed by atoms with van der Waals surface area (Å²) in [5, 5.41) is 8.89. The van der Waals surface area contributed by atoms with E-state index in [0.29, 0.717) is 12.2 Å². The first-order chi connectivity index (χ1) is 9.81. The van der Waals surface area contributed by atoms with E-state index in [0.717, 1.165) is 13.0 Å². The van der Waals surface area contributed by atoms with Crippen LogP contribution in [0.25, 0.3) is 0 Å². The Morgan fingerprint density at radius 3 is 2.52 bits per heavy atom. The van der Waals surface area contributed by atoms with Gasteiger partial charge in [0.05, 0.1) is 12.1 Å². The molecule has 1 aromatic rings. The third-order valence-corrected chi connectivity index (χ3v) is 3.56. The molecule has 2 rings (SSSR count). The van der Waals surface area contributed by atoms with Gasteiger partial charge in [-0.1, -0.05) is 0 Å². The maximum Gasteiger partial charge on any atom is 0.415 e. The molecule has 0 aliphatic carbocycles. The van der Waals surface area contributed by atoms with Crippen molar-refractivity contribution in [2.45, 2.75) is 18.9 Å². The molecule has 6 heteroatoms. The van der Waals surface area contributed by atoms with E-state index in [-0.39, 0.29) is 11.7 Å². The summed E-state index contributed by atoms with van der Waals surface area (Å²) >= 11 is 0. The second kappa shape index (κ2) is 5.73. The van der Waals surface area contributed by atoms with Gasteiger partial charge in [-0.15, -0.1) is 0 Å². The van der Waals surface area contributed by atoms with E-state index in [9.17, 15) is 9.59 Å². The number of carboxylic acids is 1. The van der Waals surface area contributed by atoms with Crippen molar-refractivity contribution in [1.82, 2.24) is 4.90 Å². The molecule has 0 saturated carbocycles. The Bertz CT molecular complexity index is 541. The first kappa shape index (κ1) is 15.3. The van der Waals surface area contributed by atoms with Crippen molar-refractivity contribution in [3.8, 4) is 0 Å². The van der Waals surface area contributed by atoms with E-state index in [4.69, 9.17) is 9.84 Å². The molecule has 1 saturated heterocycles. The first-order valence-corrected chi connectivity index (χ1v) is 6.79. The van der Waals surface area contributed by atoms with Crippen LogP contribution in [0.3, 0.4) is 0 Å². The number of rotatable bonds is 5. The highest BCUT2D eigenvalue weighted by molar-refractivity contribution is 5.92. The first-order valence-electron chi connectivity index (χ1n) is 6.79. The molecule has 6 nitrogen and oxygen atoms in total. The Kier molecular flexibility index (Phi) is 4.18. The lowest BCUT2D eigenvalue weighted by Crippen LogP contribution is -2.34. The maximum atomic E-state index is 12.0. The minimum absolute atomic E-state index is 0.196. The minimum Gasteiger partial charge on any atom is -0.478 e. The van der Waals surface area contributed by atoms with Crippen molar-refractivity contribution in [3.63, 3.8) is 0 Å².